The van der Waals surface area contributed by atoms with Crippen LogP contribution in [0.5, 0.6) is 0 Å². The molecule has 5 atom stereocenters. The van der Waals surface area contributed by atoms with Crippen molar-refractivity contribution in [3.63, 3.8) is 0 Å². The smallest absolute Gasteiger partial charge is 0.233 e. The number of hydrogen-bond donors (Lipinski definition) is 2. The molecule has 8 heteroatoms. The summed E-state index contributed by atoms with van der Waals surface area (Å²) in [5.41, 5.74) is 0. The molecule has 0 radical (unpaired) electrons. The van der Waals surface area contributed by atoms with Crippen molar-refractivity contribution in [3.8, 4) is 0 Å². The van der Waals surface area contributed by atoms with Gasteiger partial charge in [0.1, 0.15) is 0 Å². The van der Waals surface area contributed by atoms with Gasteiger partial charge >= 0.3 is 0 Å². The van der Waals surface area contributed by atoms with Crippen LogP contribution in [0.1, 0.15) is 26.7 Å². The van der Waals surface area contributed by atoms with Gasteiger partial charge in [0.25, 0.3) is 0 Å². The van der Waals surface area contributed by atoms with Crippen LogP contribution in [0.3, 0.4) is 0 Å². The molecule has 2 saturated heterocycles. The summed E-state index contributed by atoms with van der Waals surface area (Å²) in [6.45, 7) is 9.71. The van der Waals surface area contributed by atoms with Crippen molar-refractivity contribution in [1.29, 1.82) is 0 Å². The lowest BCUT2D eigenvalue weighted by molar-refractivity contribution is -0.140. The molecule has 4 aliphatic rings. The Kier molecular flexibility index (Phi) is 6.96. The minimum absolute atomic E-state index is 0.0147. The lowest BCUT2D eigenvalue weighted by atomic mass is 9.85. The third kappa shape index (κ3) is 4.65. The van der Waals surface area contributed by atoms with E-state index in [9.17, 15) is 9.59 Å². The molecule has 2 aliphatic heterocycles. The van der Waals surface area contributed by atoms with E-state index in [0.717, 1.165) is 45.7 Å². The summed E-state index contributed by atoms with van der Waals surface area (Å²) in [4.78, 5) is 33.9. The Morgan fingerprint density at radius 1 is 1.13 bits per heavy atom. The normalized spacial score (nSPS) is 31.6. The van der Waals surface area contributed by atoms with Crippen LogP contribution in [-0.4, -0.2) is 86.6 Å². The number of aliphatic imine (C=N–C) groups is 1. The number of carbonyl (C=O) groups is 2. The Labute approximate surface area is 185 Å². The number of carbonyl (C=O) groups excluding carboxylic acids is 2. The Morgan fingerprint density at radius 3 is 2.35 bits per heavy atom. The second kappa shape index (κ2) is 9.69. The van der Waals surface area contributed by atoms with E-state index < -0.39 is 0 Å². The Hall–Kier alpha value is -1.93. The van der Waals surface area contributed by atoms with E-state index in [1.165, 1.54) is 4.90 Å². The predicted octanol–water partition coefficient (Wildman–Crippen LogP) is 0.705. The average molecular weight is 432 g/mol. The summed E-state index contributed by atoms with van der Waals surface area (Å²) in [6, 6.07) is 0.423. The summed E-state index contributed by atoms with van der Waals surface area (Å²) in [6.07, 6.45) is 6.34. The number of amides is 2. The monoisotopic (exact) mass is 431 g/mol. The second-order valence-electron chi connectivity index (χ2n) is 9.64. The maximum atomic E-state index is 12.8. The molecule has 2 heterocycles. The molecular weight excluding hydrogens is 394 g/mol. The number of rotatable bonds is 8. The molecular formula is C23H37N5O3. The van der Waals surface area contributed by atoms with Crippen LogP contribution in [-0.2, 0) is 14.3 Å². The van der Waals surface area contributed by atoms with Gasteiger partial charge in [0, 0.05) is 45.8 Å². The number of morpholine rings is 1. The first-order chi connectivity index (χ1) is 15.0. The molecule has 172 valence electrons. The second-order valence-corrected chi connectivity index (χ2v) is 9.64. The average Bonchev–Trinajstić information content (AvgIpc) is 3.45. The molecule has 2 bridgehead atoms. The molecule has 1 saturated carbocycles. The van der Waals surface area contributed by atoms with Gasteiger partial charge in [-0.15, -0.1) is 0 Å². The minimum atomic E-state index is -0.120. The van der Waals surface area contributed by atoms with E-state index in [4.69, 9.17) is 4.74 Å². The van der Waals surface area contributed by atoms with Crippen LogP contribution >= 0.6 is 0 Å². The SMILES string of the molecule is CN=C(NCCN1C(=O)C2C3C=CC(C3)C2C1=O)NCC(CC(C)C)N1CCOCC1. The first-order valence-electron chi connectivity index (χ1n) is 11.8. The van der Waals surface area contributed by atoms with Gasteiger partial charge in [0.2, 0.25) is 11.8 Å². The maximum absolute atomic E-state index is 12.8. The highest BCUT2D eigenvalue weighted by Crippen LogP contribution is 2.52. The molecule has 0 aromatic rings. The standard InChI is InChI=1S/C23H37N5O3/c1-15(2)12-18(27-8-10-31-11-9-27)14-26-23(24-3)25-6-7-28-21(29)19-16-4-5-17(13-16)20(19)22(28)30/h4-5,15-20H,6-14H2,1-3H3,(H2,24,25,26). The van der Waals surface area contributed by atoms with Crippen LogP contribution in [0.2, 0.25) is 0 Å². The number of likely N-dealkylation sites (tertiary alicyclic amines) is 1. The van der Waals surface area contributed by atoms with Crippen LogP contribution in [0.15, 0.2) is 17.1 Å². The Bertz CT molecular complexity index is 701. The molecule has 0 spiro atoms. The summed E-state index contributed by atoms with van der Waals surface area (Å²) in [5, 5.41) is 6.73. The molecule has 3 fully saturated rings. The summed E-state index contributed by atoms with van der Waals surface area (Å²) in [7, 11) is 1.75. The van der Waals surface area contributed by atoms with Crippen molar-refractivity contribution in [1.82, 2.24) is 20.4 Å². The molecule has 4 rings (SSSR count). The molecule has 5 unspecified atom stereocenters. The molecule has 2 aliphatic carbocycles. The number of imide groups is 1. The lowest BCUT2D eigenvalue weighted by Crippen LogP contribution is -2.51. The van der Waals surface area contributed by atoms with E-state index in [-0.39, 0.29) is 35.5 Å². The zero-order valence-corrected chi connectivity index (χ0v) is 19.0. The van der Waals surface area contributed by atoms with Crippen molar-refractivity contribution < 1.29 is 14.3 Å². The van der Waals surface area contributed by atoms with Gasteiger partial charge in [-0.3, -0.25) is 24.4 Å². The third-order valence-electron chi connectivity index (χ3n) is 7.22. The molecule has 31 heavy (non-hydrogen) atoms. The van der Waals surface area contributed by atoms with Gasteiger partial charge < -0.3 is 15.4 Å². The number of allylic oxidation sites excluding steroid dienone is 2. The van der Waals surface area contributed by atoms with E-state index in [1.54, 1.807) is 7.05 Å². The summed E-state index contributed by atoms with van der Waals surface area (Å²) < 4.78 is 5.50. The van der Waals surface area contributed by atoms with Crippen LogP contribution in [0, 0.1) is 29.6 Å². The number of ether oxygens (including phenoxy) is 1. The fourth-order valence-corrected chi connectivity index (χ4v) is 5.75. The fraction of sp³-hybridized carbons (Fsp3) is 0.783. The quantitative estimate of drug-likeness (QED) is 0.255. The van der Waals surface area contributed by atoms with Crippen LogP contribution < -0.4 is 10.6 Å². The minimum Gasteiger partial charge on any atom is -0.379 e. The van der Waals surface area contributed by atoms with Gasteiger partial charge in [-0.2, -0.15) is 0 Å². The van der Waals surface area contributed by atoms with Gasteiger partial charge in [0.15, 0.2) is 5.96 Å². The topological polar surface area (TPSA) is 86.3 Å². The van der Waals surface area contributed by atoms with Crippen molar-refractivity contribution in [3.05, 3.63) is 12.2 Å². The number of nitrogens with one attached hydrogen (secondary N) is 2. The zero-order valence-electron chi connectivity index (χ0n) is 19.0. The summed E-state index contributed by atoms with van der Waals surface area (Å²) in [5.74, 6) is 1.63. The third-order valence-corrected chi connectivity index (χ3v) is 7.22. The predicted molar refractivity (Wildman–Crippen MR) is 119 cm³/mol. The van der Waals surface area contributed by atoms with E-state index in [1.807, 2.05) is 0 Å². The highest BCUT2D eigenvalue weighted by Gasteiger charge is 2.58. The number of nitrogens with zero attached hydrogens (tertiary/aromatic N) is 3. The Morgan fingerprint density at radius 2 is 1.77 bits per heavy atom. The fourth-order valence-electron chi connectivity index (χ4n) is 5.75. The highest BCUT2D eigenvalue weighted by atomic mass is 16.5. The van der Waals surface area contributed by atoms with Gasteiger partial charge in [-0.05, 0) is 30.6 Å². The zero-order chi connectivity index (χ0) is 22.0. The van der Waals surface area contributed by atoms with Crippen molar-refractivity contribution in [2.24, 2.45) is 34.6 Å². The van der Waals surface area contributed by atoms with E-state index in [0.29, 0.717) is 31.0 Å². The maximum Gasteiger partial charge on any atom is 0.233 e. The highest BCUT2D eigenvalue weighted by molar-refractivity contribution is 6.06. The van der Waals surface area contributed by atoms with E-state index >= 15 is 0 Å². The summed E-state index contributed by atoms with van der Waals surface area (Å²) >= 11 is 0. The van der Waals surface area contributed by atoms with Gasteiger partial charge in [-0.25, -0.2) is 0 Å². The number of fused-ring (bicyclic) bond motifs is 5. The first-order valence-corrected chi connectivity index (χ1v) is 11.8. The Balaban J connectivity index is 1.25. The van der Waals surface area contributed by atoms with Crippen molar-refractivity contribution >= 4 is 17.8 Å². The van der Waals surface area contributed by atoms with E-state index in [2.05, 4.69) is 46.5 Å². The van der Waals surface area contributed by atoms with Crippen LogP contribution in [0.25, 0.3) is 0 Å². The van der Waals surface area contributed by atoms with Crippen molar-refractivity contribution in [2.75, 3.05) is 53.0 Å². The number of hydrogen-bond acceptors (Lipinski definition) is 5. The first kappa shape index (κ1) is 22.3. The molecule has 8 nitrogen and oxygen atoms in total. The molecule has 0 aromatic heterocycles. The van der Waals surface area contributed by atoms with Gasteiger partial charge in [-0.1, -0.05) is 26.0 Å². The molecule has 0 aromatic carbocycles. The van der Waals surface area contributed by atoms with Gasteiger partial charge in [0.05, 0.1) is 25.0 Å². The molecule has 2 N–H and O–H groups in total. The van der Waals surface area contributed by atoms with Crippen molar-refractivity contribution in [2.45, 2.75) is 32.7 Å². The molecule has 2 amide bonds. The van der Waals surface area contributed by atoms with Crippen LogP contribution in [0.4, 0.5) is 0 Å². The largest absolute Gasteiger partial charge is 0.379 e. The lowest BCUT2D eigenvalue weighted by Gasteiger charge is -2.35. The number of guanidine groups is 1.